The van der Waals surface area contributed by atoms with E-state index in [1.165, 1.54) is 0 Å². The van der Waals surface area contributed by atoms with E-state index in [1.807, 2.05) is 28.8 Å². The lowest BCUT2D eigenvalue weighted by Crippen LogP contribution is -2.27. The minimum Gasteiger partial charge on any atom is -0.365 e. The Balaban J connectivity index is 0.000000146. The van der Waals surface area contributed by atoms with Crippen LogP contribution in [0.4, 0.5) is 4.79 Å². The van der Waals surface area contributed by atoms with Crippen LogP contribution in [0.5, 0.6) is 0 Å². The molecule has 6 nitrogen and oxygen atoms in total. The first kappa shape index (κ1) is 10.1. The molecule has 0 aromatic carbocycles. The third-order valence-electron chi connectivity index (χ3n) is 1.32. The Bertz CT molecular complexity index is 288. The number of imide groups is 1. The van der Waals surface area contributed by atoms with Crippen molar-refractivity contribution in [1.82, 2.24) is 15.6 Å². The second-order valence-corrected chi connectivity index (χ2v) is 2.39. The summed E-state index contributed by atoms with van der Waals surface area (Å²) in [5, 5.41) is 12.2. The lowest BCUT2D eigenvalue weighted by atomic mass is 10.5. The number of hydrogen-bond donors (Lipinski definition) is 3. The highest BCUT2D eigenvalue weighted by Crippen LogP contribution is 1.84. The predicted octanol–water partition coefficient (Wildman–Crippen LogP) is -0.774. The molecule has 0 bridgehead atoms. The summed E-state index contributed by atoms with van der Waals surface area (Å²) in [5.41, 5.74) is 0. The minimum absolute atomic E-state index is 0.650. The van der Waals surface area contributed by atoms with Gasteiger partial charge in [-0.15, -0.1) is 0 Å². The van der Waals surface area contributed by atoms with E-state index >= 15 is 0 Å². The maximum Gasteiger partial charge on any atom is 0.323 e. The topological polar surface area (TPSA) is 91.3 Å². The molecule has 6 heteroatoms. The van der Waals surface area contributed by atoms with Crippen LogP contribution in [0, 0.1) is 0 Å². The zero-order valence-electron chi connectivity index (χ0n) is 7.18. The van der Waals surface area contributed by atoms with Crippen LogP contribution >= 0.6 is 0 Å². The summed E-state index contributed by atoms with van der Waals surface area (Å²) in [6, 6.07) is 5.06. The summed E-state index contributed by atoms with van der Waals surface area (Å²) >= 11 is 0. The lowest BCUT2D eigenvalue weighted by molar-refractivity contribution is -0.126. The molecule has 14 heavy (non-hydrogen) atoms. The molecule has 0 saturated carbocycles. The van der Waals surface area contributed by atoms with Crippen LogP contribution in [-0.2, 0) is 4.79 Å². The second-order valence-electron chi connectivity index (χ2n) is 2.39. The van der Waals surface area contributed by atoms with Crippen LogP contribution in [0.3, 0.4) is 0 Å². The maximum absolute atomic E-state index is 10.1. The Morgan fingerprint density at radius 1 is 1.21 bits per heavy atom. The number of amides is 3. The van der Waals surface area contributed by atoms with Crippen LogP contribution in [-0.4, -0.2) is 28.3 Å². The molecule has 0 radical (unpaired) electrons. The highest BCUT2D eigenvalue weighted by molar-refractivity contribution is 6.03. The minimum atomic E-state index is -1.36. The fourth-order valence-electron chi connectivity index (χ4n) is 0.719. The van der Waals surface area contributed by atoms with Gasteiger partial charge in [-0.1, -0.05) is 6.07 Å². The largest absolute Gasteiger partial charge is 0.365 e. The molecule has 1 aromatic rings. The van der Waals surface area contributed by atoms with Gasteiger partial charge >= 0.3 is 6.03 Å². The molecule has 2 rings (SSSR count). The van der Waals surface area contributed by atoms with Crippen LogP contribution in [0.25, 0.3) is 0 Å². The van der Waals surface area contributed by atoms with Crippen molar-refractivity contribution < 1.29 is 14.7 Å². The van der Waals surface area contributed by atoms with Gasteiger partial charge in [0.25, 0.3) is 5.91 Å². The van der Waals surface area contributed by atoms with E-state index in [9.17, 15) is 9.59 Å². The first-order valence-electron chi connectivity index (χ1n) is 3.84. The van der Waals surface area contributed by atoms with Gasteiger partial charge in [-0.3, -0.25) is 15.1 Å². The Kier molecular flexibility index (Phi) is 3.57. The molecule has 1 fully saturated rings. The summed E-state index contributed by atoms with van der Waals surface area (Å²) in [7, 11) is 0. The van der Waals surface area contributed by atoms with Crippen molar-refractivity contribution in [1.29, 1.82) is 0 Å². The van der Waals surface area contributed by atoms with Gasteiger partial charge in [0, 0.05) is 12.4 Å². The average Bonchev–Trinajstić information content (AvgIpc) is 2.48. The van der Waals surface area contributed by atoms with Crippen LogP contribution in [0.2, 0.25) is 0 Å². The third-order valence-corrected chi connectivity index (χ3v) is 1.32. The Labute approximate surface area is 80.0 Å². The fourth-order valence-corrected chi connectivity index (χ4v) is 0.719. The molecule has 3 N–H and O–H groups in total. The van der Waals surface area contributed by atoms with Gasteiger partial charge < -0.3 is 10.4 Å². The number of nitrogens with one attached hydrogen (secondary N) is 2. The average molecular weight is 195 g/mol. The molecular weight excluding hydrogens is 186 g/mol. The predicted molar refractivity (Wildman–Crippen MR) is 46.9 cm³/mol. The summed E-state index contributed by atoms with van der Waals surface area (Å²) in [5.74, 6) is -0.699. The normalized spacial score (nSPS) is 19.1. The van der Waals surface area contributed by atoms with Crippen LogP contribution in [0.15, 0.2) is 30.6 Å². The first-order chi connectivity index (χ1) is 6.70. The first-order valence-corrected chi connectivity index (χ1v) is 3.84. The highest BCUT2D eigenvalue weighted by atomic mass is 16.3. The molecule has 1 aliphatic rings. The van der Waals surface area contributed by atoms with Gasteiger partial charge in [-0.25, -0.2) is 4.79 Å². The van der Waals surface area contributed by atoms with Gasteiger partial charge in [0.05, 0.1) is 0 Å². The van der Waals surface area contributed by atoms with E-state index in [1.54, 1.807) is 12.4 Å². The second kappa shape index (κ2) is 4.93. The third kappa shape index (κ3) is 3.20. The zero-order chi connectivity index (χ0) is 10.4. The number of rotatable bonds is 0. The lowest BCUT2D eigenvalue weighted by Gasteiger charge is -1.90. The quantitative estimate of drug-likeness (QED) is 0.474. The Morgan fingerprint density at radius 2 is 1.86 bits per heavy atom. The molecule has 3 amide bonds. The van der Waals surface area contributed by atoms with Gasteiger partial charge in [-0.05, 0) is 12.1 Å². The number of aliphatic hydroxyl groups excluding tert-OH is 1. The maximum atomic E-state index is 10.1. The Morgan fingerprint density at radius 3 is 2.00 bits per heavy atom. The van der Waals surface area contributed by atoms with Crippen molar-refractivity contribution in [3.63, 3.8) is 0 Å². The molecule has 1 aliphatic heterocycles. The molecule has 0 spiro atoms. The summed E-state index contributed by atoms with van der Waals surface area (Å²) in [6.45, 7) is 0. The van der Waals surface area contributed by atoms with Crippen molar-refractivity contribution in [2.24, 2.45) is 0 Å². The zero-order valence-corrected chi connectivity index (χ0v) is 7.18. The summed E-state index contributed by atoms with van der Waals surface area (Å²) in [4.78, 5) is 24.0. The number of urea groups is 1. The van der Waals surface area contributed by atoms with Crippen molar-refractivity contribution in [3.05, 3.63) is 30.6 Å². The van der Waals surface area contributed by atoms with Crippen molar-refractivity contribution in [2.75, 3.05) is 0 Å². The van der Waals surface area contributed by atoms with Gasteiger partial charge in [0.1, 0.15) is 0 Å². The number of nitrogens with zero attached hydrogens (tertiary/aromatic N) is 1. The number of carbonyl (C=O) groups excluding carboxylic acids is 2. The smallest absolute Gasteiger partial charge is 0.323 e. The van der Waals surface area contributed by atoms with E-state index in [0.29, 0.717) is 0 Å². The van der Waals surface area contributed by atoms with E-state index in [0.717, 1.165) is 0 Å². The summed E-state index contributed by atoms with van der Waals surface area (Å²) in [6.07, 6.45) is 2.14. The van der Waals surface area contributed by atoms with Crippen molar-refractivity contribution >= 4 is 11.9 Å². The number of pyridine rings is 1. The van der Waals surface area contributed by atoms with E-state index in [4.69, 9.17) is 5.11 Å². The van der Waals surface area contributed by atoms with E-state index < -0.39 is 18.2 Å². The van der Waals surface area contributed by atoms with Crippen LogP contribution in [0.1, 0.15) is 0 Å². The van der Waals surface area contributed by atoms with Crippen molar-refractivity contribution in [3.8, 4) is 0 Å². The molecule has 1 aromatic heterocycles. The number of aromatic nitrogens is 1. The molecule has 74 valence electrons. The summed E-state index contributed by atoms with van der Waals surface area (Å²) < 4.78 is 0. The monoisotopic (exact) mass is 195 g/mol. The standard InChI is InChI=1S/C5H5N.C3H4N2O3/c1-2-4-6-5-3-1;6-1-2(7)5-3(8)4-1/h1-5H;1,6H,(H2,4,5,7,8). The van der Waals surface area contributed by atoms with Crippen molar-refractivity contribution in [2.45, 2.75) is 6.23 Å². The number of hydrogen-bond acceptors (Lipinski definition) is 4. The van der Waals surface area contributed by atoms with Gasteiger partial charge in [0.15, 0.2) is 0 Å². The van der Waals surface area contributed by atoms with E-state index in [2.05, 4.69) is 4.98 Å². The van der Waals surface area contributed by atoms with Crippen LogP contribution < -0.4 is 10.6 Å². The fraction of sp³-hybridized carbons (Fsp3) is 0.125. The van der Waals surface area contributed by atoms with Gasteiger partial charge in [-0.2, -0.15) is 0 Å². The van der Waals surface area contributed by atoms with Gasteiger partial charge in [0.2, 0.25) is 6.23 Å². The molecule has 0 aliphatic carbocycles. The highest BCUT2D eigenvalue weighted by Gasteiger charge is 2.26. The number of aliphatic hydroxyl groups is 1. The number of carbonyl (C=O) groups is 2. The van der Waals surface area contributed by atoms with E-state index in [-0.39, 0.29) is 0 Å². The molecular formula is C8H9N3O3. The molecule has 1 atom stereocenters. The molecule has 1 unspecified atom stereocenters. The molecule has 1 saturated heterocycles. The SMILES string of the molecule is O=C1NC(=O)C(O)N1.c1ccncc1. The molecule has 2 heterocycles. The Hall–Kier alpha value is -1.95.